The van der Waals surface area contributed by atoms with E-state index < -0.39 is 5.91 Å². The number of halogens is 3. The lowest BCUT2D eigenvalue weighted by molar-refractivity contribution is 0.102. The molecular formula is C19H17Cl3N4O. The number of amides is 1. The number of carbonyl (C=O) groups is 1. The van der Waals surface area contributed by atoms with Crippen LogP contribution in [0.15, 0.2) is 42.6 Å². The van der Waals surface area contributed by atoms with E-state index in [0.29, 0.717) is 16.2 Å². The van der Waals surface area contributed by atoms with Crippen molar-refractivity contribution in [3.05, 3.63) is 63.2 Å². The fraction of sp³-hybridized carbons (Fsp3) is 0.158. The average Bonchev–Trinajstić information content (AvgIpc) is 2.64. The number of rotatable bonds is 6. The van der Waals surface area contributed by atoms with Crippen LogP contribution in [0.3, 0.4) is 0 Å². The van der Waals surface area contributed by atoms with Crippen LogP contribution in [-0.4, -0.2) is 31.0 Å². The highest BCUT2D eigenvalue weighted by atomic mass is 35.5. The number of pyridine rings is 1. The van der Waals surface area contributed by atoms with Crippen molar-refractivity contribution in [2.75, 3.05) is 30.8 Å². The van der Waals surface area contributed by atoms with Crippen molar-refractivity contribution in [3.63, 3.8) is 0 Å². The molecule has 0 saturated heterocycles. The molecule has 3 N–H and O–H groups in total. The standard InChI is InChI=1S/C19H17Cl3N4O/c1-23-9-10-24-14-7-8-25-18-15(6-5-13(22)17(14)18)26-19(27)16-11(20)3-2-4-12(16)21/h2-8,23H,9-10H2,1H3,(H,24,25)(H,26,27). The highest BCUT2D eigenvalue weighted by molar-refractivity contribution is 6.41. The molecule has 140 valence electrons. The van der Waals surface area contributed by atoms with E-state index in [0.717, 1.165) is 24.2 Å². The zero-order valence-electron chi connectivity index (χ0n) is 14.4. The van der Waals surface area contributed by atoms with Crippen molar-refractivity contribution in [1.29, 1.82) is 0 Å². The molecule has 2 aromatic carbocycles. The number of fused-ring (bicyclic) bond motifs is 1. The van der Waals surface area contributed by atoms with Gasteiger partial charge in [-0.05, 0) is 37.4 Å². The Bertz CT molecular complexity index is 974. The van der Waals surface area contributed by atoms with Crippen LogP contribution in [-0.2, 0) is 0 Å². The lowest BCUT2D eigenvalue weighted by Gasteiger charge is -2.14. The number of nitrogens with one attached hydrogen (secondary N) is 3. The molecule has 27 heavy (non-hydrogen) atoms. The van der Waals surface area contributed by atoms with Crippen LogP contribution in [0.5, 0.6) is 0 Å². The first-order valence-corrected chi connectivity index (χ1v) is 9.37. The summed E-state index contributed by atoms with van der Waals surface area (Å²) in [5, 5.41) is 11.1. The van der Waals surface area contributed by atoms with Crippen molar-refractivity contribution < 1.29 is 4.79 Å². The highest BCUT2D eigenvalue weighted by Crippen LogP contribution is 2.34. The summed E-state index contributed by atoms with van der Waals surface area (Å²) in [5.74, 6) is -0.412. The van der Waals surface area contributed by atoms with E-state index in [2.05, 4.69) is 20.9 Å². The largest absolute Gasteiger partial charge is 0.383 e. The van der Waals surface area contributed by atoms with Gasteiger partial charge in [0, 0.05) is 30.4 Å². The van der Waals surface area contributed by atoms with Gasteiger partial charge in [-0.3, -0.25) is 9.78 Å². The topological polar surface area (TPSA) is 66.1 Å². The molecule has 0 radical (unpaired) electrons. The van der Waals surface area contributed by atoms with Gasteiger partial charge in [-0.15, -0.1) is 0 Å². The number of aromatic nitrogens is 1. The Morgan fingerprint density at radius 2 is 1.70 bits per heavy atom. The van der Waals surface area contributed by atoms with Gasteiger partial charge in [0.25, 0.3) is 5.91 Å². The molecule has 1 heterocycles. The Kier molecular flexibility index (Phi) is 6.39. The van der Waals surface area contributed by atoms with Crippen LogP contribution in [0.1, 0.15) is 10.4 Å². The fourth-order valence-corrected chi connectivity index (χ4v) is 3.52. The normalized spacial score (nSPS) is 10.8. The lowest BCUT2D eigenvalue weighted by Crippen LogP contribution is -2.18. The second-order valence-electron chi connectivity index (χ2n) is 5.76. The minimum atomic E-state index is -0.412. The van der Waals surface area contributed by atoms with Crippen LogP contribution in [0.2, 0.25) is 15.1 Å². The van der Waals surface area contributed by atoms with E-state index in [1.165, 1.54) is 0 Å². The van der Waals surface area contributed by atoms with Gasteiger partial charge in [0.1, 0.15) is 0 Å². The summed E-state index contributed by atoms with van der Waals surface area (Å²) < 4.78 is 0. The molecule has 0 fully saturated rings. The van der Waals surface area contributed by atoms with Crippen molar-refractivity contribution >= 4 is 63.0 Å². The summed E-state index contributed by atoms with van der Waals surface area (Å²) in [6, 6.07) is 10.2. The van der Waals surface area contributed by atoms with Gasteiger partial charge in [-0.2, -0.15) is 0 Å². The monoisotopic (exact) mass is 422 g/mol. The molecule has 8 heteroatoms. The highest BCUT2D eigenvalue weighted by Gasteiger charge is 2.17. The molecule has 3 rings (SSSR count). The molecule has 1 amide bonds. The number of anilines is 2. The molecule has 5 nitrogen and oxygen atoms in total. The zero-order valence-corrected chi connectivity index (χ0v) is 16.7. The number of hydrogen-bond donors (Lipinski definition) is 3. The van der Waals surface area contributed by atoms with E-state index in [4.69, 9.17) is 34.8 Å². The summed E-state index contributed by atoms with van der Waals surface area (Å²) in [4.78, 5) is 17.1. The lowest BCUT2D eigenvalue weighted by atomic mass is 10.1. The summed E-state index contributed by atoms with van der Waals surface area (Å²) >= 11 is 18.7. The Hall–Kier alpha value is -2.05. The van der Waals surface area contributed by atoms with Crippen LogP contribution >= 0.6 is 34.8 Å². The second-order valence-corrected chi connectivity index (χ2v) is 6.98. The van der Waals surface area contributed by atoms with Crippen LogP contribution < -0.4 is 16.0 Å². The van der Waals surface area contributed by atoms with Gasteiger partial charge in [-0.1, -0.05) is 40.9 Å². The number of hydrogen-bond acceptors (Lipinski definition) is 4. The van der Waals surface area contributed by atoms with E-state index >= 15 is 0 Å². The third-order valence-electron chi connectivity index (χ3n) is 3.97. The number of benzene rings is 2. The molecule has 1 aromatic heterocycles. The first-order chi connectivity index (χ1) is 13.0. The maximum Gasteiger partial charge on any atom is 0.258 e. The summed E-state index contributed by atoms with van der Waals surface area (Å²) in [6.45, 7) is 1.51. The molecule has 0 bridgehead atoms. The Balaban J connectivity index is 1.99. The first-order valence-electron chi connectivity index (χ1n) is 8.24. The van der Waals surface area contributed by atoms with Gasteiger partial charge in [0.05, 0.1) is 31.8 Å². The molecule has 0 spiro atoms. The van der Waals surface area contributed by atoms with Crippen LogP contribution in [0.4, 0.5) is 11.4 Å². The summed E-state index contributed by atoms with van der Waals surface area (Å²) in [5.41, 5.74) is 2.15. The minimum absolute atomic E-state index is 0.215. The van der Waals surface area contributed by atoms with Gasteiger partial charge in [0.15, 0.2) is 0 Å². The van der Waals surface area contributed by atoms with E-state index in [-0.39, 0.29) is 15.6 Å². The molecule has 0 atom stereocenters. The first kappa shape index (κ1) is 19.7. The van der Waals surface area contributed by atoms with E-state index in [1.54, 1.807) is 36.5 Å². The average molecular weight is 424 g/mol. The maximum absolute atomic E-state index is 12.7. The third-order valence-corrected chi connectivity index (χ3v) is 4.91. The third kappa shape index (κ3) is 4.28. The van der Waals surface area contributed by atoms with Crippen molar-refractivity contribution in [3.8, 4) is 0 Å². The summed E-state index contributed by atoms with van der Waals surface area (Å²) in [6.07, 6.45) is 1.67. The molecular weight excluding hydrogens is 407 g/mol. The molecule has 0 aliphatic rings. The van der Waals surface area contributed by atoms with E-state index in [1.807, 2.05) is 13.1 Å². The smallest absolute Gasteiger partial charge is 0.258 e. The number of carbonyl (C=O) groups excluding carboxylic acids is 1. The van der Waals surface area contributed by atoms with E-state index in [9.17, 15) is 4.79 Å². The van der Waals surface area contributed by atoms with Gasteiger partial charge in [0.2, 0.25) is 0 Å². The van der Waals surface area contributed by atoms with Gasteiger partial charge < -0.3 is 16.0 Å². The number of nitrogens with zero attached hydrogens (tertiary/aromatic N) is 1. The predicted octanol–water partition coefficient (Wildman–Crippen LogP) is 5.08. The van der Waals surface area contributed by atoms with Crippen molar-refractivity contribution in [1.82, 2.24) is 10.3 Å². The fourth-order valence-electron chi connectivity index (χ4n) is 2.70. The quantitative estimate of drug-likeness (QED) is 0.484. The van der Waals surface area contributed by atoms with Crippen LogP contribution in [0, 0.1) is 0 Å². The minimum Gasteiger partial charge on any atom is -0.383 e. The molecule has 0 aliphatic heterocycles. The van der Waals surface area contributed by atoms with Crippen molar-refractivity contribution in [2.24, 2.45) is 0 Å². The Morgan fingerprint density at radius 1 is 0.963 bits per heavy atom. The molecule has 0 unspecified atom stereocenters. The van der Waals surface area contributed by atoms with Crippen molar-refractivity contribution in [2.45, 2.75) is 0 Å². The van der Waals surface area contributed by atoms with Gasteiger partial charge >= 0.3 is 0 Å². The molecule has 0 saturated carbocycles. The molecule has 0 aliphatic carbocycles. The Morgan fingerprint density at radius 3 is 2.41 bits per heavy atom. The predicted molar refractivity (Wildman–Crippen MR) is 114 cm³/mol. The zero-order chi connectivity index (χ0) is 19.4. The SMILES string of the molecule is CNCCNc1ccnc2c(NC(=O)c3c(Cl)cccc3Cl)ccc(Cl)c12. The summed E-state index contributed by atoms with van der Waals surface area (Å²) in [7, 11) is 1.88. The maximum atomic E-state index is 12.7. The Labute approximate surface area is 172 Å². The van der Waals surface area contributed by atoms with Crippen LogP contribution in [0.25, 0.3) is 10.9 Å². The molecule has 3 aromatic rings. The van der Waals surface area contributed by atoms with Gasteiger partial charge in [-0.25, -0.2) is 0 Å². The second kappa shape index (κ2) is 8.76. The number of likely N-dealkylation sites (N-methyl/N-ethyl adjacent to an activating group) is 1.